The normalized spacial score (nSPS) is 9.21. The molecule has 0 amide bonds. The van der Waals surface area contributed by atoms with Gasteiger partial charge in [0.15, 0.2) is 0 Å². The van der Waals surface area contributed by atoms with Crippen LogP contribution in [0.3, 0.4) is 0 Å². The summed E-state index contributed by atoms with van der Waals surface area (Å²) in [5.41, 5.74) is 0.780. The Bertz CT molecular complexity index is 373. The Morgan fingerprint density at radius 2 is 2.50 bits per heavy atom. The number of unbranched alkanes of at least 4 members (excludes halogenated alkanes) is 1. The van der Waals surface area contributed by atoms with Crippen LogP contribution in [0.2, 0.25) is 0 Å². The number of aryl methyl sites for hydroxylation is 1. The zero-order valence-electron chi connectivity index (χ0n) is 7.91. The second-order valence-electron chi connectivity index (χ2n) is 2.80. The summed E-state index contributed by atoms with van der Waals surface area (Å²) in [6.07, 6.45) is 1.40. The van der Waals surface area contributed by atoms with Gasteiger partial charge in [-0.1, -0.05) is 5.92 Å². The van der Waals surface area contributed by atoms with Crippen LogP contribution in [0.4, 0.5) is 0 Å². The van der Waals surface area contributed by atoms with Crippen molar-refractivity contribution in [1.82, 2.24) is 4.98 Å². The molecular formula is C10H11NO2S. The Morgan fingerprint density at radius 3 is 3.07 bits per heavy atom. The number of aliphatic carboxylic acids is 1. The van der Waals surface area contributed by atoms with Gasteiger partial charge in [-0.2, -0.15) is 0 Å². The number of aromatic nitrogens is 1. The predicted octanol–water partition coefficient (Wildman–Crippen LogP) is 2.06. The standard InChI is InChI=1S/C10H11NO2S/c1-8-11-9(7-14-8)5-3-2-4-6-10(12)13/h7H,2,4,6H2,1H3,(H,12,13). The van der Waals surface area contributed by atoms with Crippen molar-refractivity contribution in [3.8, 4) is 11.8 Å². The van der Waals surface area contributed by atoms with Crippen LogP contribution in [0.5, 0.6) is 0 Å². The number of carbonyl (C=O) groups is 1. The fourth-order valence-electron chi connectivity index (χ4n) is 0.902. The first-order valence-electron chi connectivity index (χ1n) is 4.31. The highest BCUT2D eigenvalue weighted by atomic mass is 32.1. The van der Waals surface area contributed by atoms with Gasteiger partial charge in [-0.3, -0.25) is 4.79 Å². The molecule has 1 aromatic rings. The van der Waals surface area contributed by atoms with E-state index in [1.807, 2.05) is 12.3 Å². The lowest BCUT2D eigenvalue weighted by atomic mass is 10.2. The van der Waals surface area contributed by atoms with E-state index in [0.29, 0.717) is 12.8 Å². The monoisotopic (exact) mass is 209 g/mol. The van der Waals surface area contributed by atoms with Crippen LogP contribution in [-0.2, 0) is 4.79 Å². The van der Waals surface area contributed by atoms with Crippen molar-refractivity contribution in [3.05, 3.63) is 16.1 Å². The molecule has 0 aliphatic rings. The molecule has 1 N–H and O–H groups in total. The number of carboxylic acid groups (broad SMARTS) is 1. The largest absolute Gasteiger partial charge is 0.481 e. The molecule has 0 saturated heterocycles. The summed E-state index contributed by atoms with van der Waals surface area (Å²) in [7, 11) is 0. The van der Waals surface area contributed by atoms with Gasteiger partial charge in [0.05, 0.1) is 5.01 Å². The summed E-state index contributed by atoms with van der Waals surface area (Å²) in [4.78, 5) is 14.3. The number of nitrogens with zero attached hydrogens (tertiary/aromatic N) is 1. The van der Waals surface area contributed by atoms with Gasteiger partial charge >= 0.3 is 5.97 Å². The predicted molar refractivity (Wildman–Crippen MR) is 55.2 cm³/mol. The molecular weight excluding hydrogens is 198 g/mol. The molecule has 0 bridgehead atoms. The highest BCUT2D eigenvalue weighted by molar-refractivity contribution is 7.09. The molecule has 0 fully saturated rings. The first-order chi connectivity index (χ1) is 6.68. The van der Waals surface area contributed by atoms with E-state index in [0.717, 1.165) is 10.7 Å². The van der Waals surface area contributed by atoms with Gasteiger partial charge in [0.25, 0.3) is 0 Å². The molecule has 0 aliphatic carbocycles. The number of rotatable bonds is 3. The highest BCUT2D eigenvalue weighted by Gasteiger charge is 1.94. The molecule has 0 radical (unpaired) electrons. The maximum Gasteiger partial charge on any atom is 0.303 e. The maximum atomic E-state index is 10.2. The molecule has 0 spiro atoms. The number of carboxylic acids is 1. The molecule has 74 valence electrons. The average molecular weight is 209 g/mol. The van der Waals surface area contributed by atoms with Crippen LogP contribution in [0.15, 0.2) is 5.38 Å². The third kappa shape index (κ3) is 4.06. The van der Waals surface area contributed by atoms with E-state index in [1.165, 1.54) is 0 Å². The smallest absolute Gasteiger partial charge is 0.303 e. The molecule has 0 unspecified atom stereocenters. The lowest BCUT2D eigenvalue weighted by Gasteiger charge is -1.86. The SMILES string of the molecule is Cc1nc(C#CCCCC(=O)O)cs1. The van der Waals surface area contributed by atoms with E-state index >= 15 is 0 Å². The van der Waals surface area contributed by atoms with E-state index in [-0.39, 0.29) is 6.42 Å². The fraction of sp³-hybridized carbons (Fsp3) is 0.400. The number of thiazole rings is 1. The maximum absolute atomic E-state index is 10.2. The van der Waals surface area contributed by atoms with E-state index < -0.39 is 5.97 Å². The van der Waals surface area contributed by atoms with E-state index in [9.17, 15) is 4.79 Å². The summed E-state index contributed by atoms with van der Waals surface area (Å²) in [5.74, 6) is 5.03. The molecule has 14 heavy (non-hydrogen) atoms. The first kappa shape index (κ1) is 10.7. The minimum atomic E-state index is -0.767. The zero-order valence-corrected chi connectivity index (χ0v) is 8.73. The van der Waals surface area contributed by atoms with Gasteiger partial charge in [-0.15, -0.1) is 11.3 Å². The first-order valence-corrected chi connectivity index (χ1v) is 5.19. The third-order valence-corrected chi connectivity index (χ3v) is 2.30. The van der Waals surface area contributed by atoms with Crippen LogP contribution in [0.25, 0.3) is 0 Å². The molecule has 1 heterocycles. The van der Waals surface area contributed by atoms with Crippen molar-refractivity contribution >= 4 is 17.3 Å². The number of hydrogen-bond acceptors (Lipinski definition) is 3. The lowest BCUT2D eigenvalue weighted by Crippen LogP contribution is -1.92. The van der Waals surface area contributed by atoms with Gasteiger partial charge in [0.2, 0.25) is 0 Å². The molecule has 3 nitrogen and oxygen atoms in total. The summed E-state index contributed by atoms with van der Waals surface area (Å²) >= 11 is 1.57. The Kier molecular flexibility index (Phi) is 4.14. The Morgan fingerprint density at radius 1 is 1.71 bits per heavy atom. The van der Waals surface area contributed by atoms with Crippen molar-refractivity contribution in [2.24, 2.45) is 0 Å². The Labute approximate surface area is 86.8 Å². The molecule has 0 atom stereocenters. The molecule has 4 heteroatoms. The van der Waals surface area contributed by atoms with Crippen molar-refractivity contribution in [3.63, 3.8) is 0 Å². The van der Waals surface area contributed by atoms with Crippen LogP contribution in [0.1, 0.15) is 30.0 Å². The van der Waals surface area contributed by atoms with Crippen molar-refractivity contribution < 1.29 is 9.90 Å². The van der Waals surface area contributed by atoms with Gasteiger partial charge in [0, 0.05) is 18.2 Å². The summed E-state index contributed by atoms with van der Waals surface area (Å²) in [6.45, 7) is 1.93. The van der Waals surface area contributed by atoms with Gasteiger partial charge in [-0.25, -0.2) is 4.98 Å². The fourth-order valence-corrected chi connectivity index (χ4v) is 1.45. The summed E-state index contributed by atoms with van der Waals surface area (Å²) < 4.78 is 0. The quantitative estimate of drug-likeness (QED) is 0.612. The average Bonchev–Trinajstić information content (AvgIpc) is 2.50. The van der Waals surface area contributed by atoms with E-state index in [4.69, 9.17) is 5.11 Å². The van der Waals surface area contributed by atoms with Crippen molar-refractivity contribution in [1.29, 1.82) is 0 Å². The topological polar surface area (TPSA) is 50.2 Å². The van der Waals surface area contributed by atoms with E-state index in [2.05, 4.69) is 16.8 Å². The Hall–Kier alpha value is -1.34. The van der Waals surface area contributed by atoms with Crippen LogP contribution in [0, 0.1) is 18.8 Å². The van der Waals surface area contributed by atoms with E-state index in [1.54, 1.807) is 11.3 Å². The molecule has 0 aromatic carbocycles. The van der Waals surface area contributed by atoms with Crippen LogP contribution < -0.4 is 0 Å². The summed E-state index contributed by atoms with van der Waals surface area (Å²) in [5, 5.41) is 11.3. The lowest BCUT2D eigenvalue weighted by molar-refractivity contribution is -0.137. The van der Waals surface area contributed by atoms with Gasteiger partial charge < -0.3 is 5.11 Å². The van der Waals surface area contributed by atoms with Crippen molar-refractivity contribution in [2.75, 3.05) is 0 Å². The van der Waals surface area contributed by atoms with Gasteiger partial charge in [0.1, 0.15) is 5.69 Å². The second-order valence-corrected chi connectivity index (χ2v) is 3.86. The zero-order chi connectivity index (χ0) is 10.4. The van der Waals surface area contributed by atoms with Gasteiger partial charge in [-0.05, 0) is 19.3 Å². The van der Waals surface area contributed by atoms with Crippen molar-refractivity contribution in [2.45, 2.75) is 26.2 Å². The summed E-state index contributed by atoms with van der Waals surface area (Å²) in [6, 6.07) is 0. The third-order valence-electron chi connectivity index (χ3n) is 1.53. The minimum absolute atomic E-state index is 0.185. The molecule has 1 rings (SSSR count). The Balaban J connectivity index is 2.30. The second kappa shape index (κ2) is 5.40. The molecule has 1 aromatic heterocycles. The minimum Gasteiger partial charge on any atom is -0.481 e. The van der Waals surface area contributed by atoms with Crippen LogP contribution in [-0.4, -0.2) is 16.1 Å². The van der Waals surface area contributed by atoms with Crippen LogP contribution >= 0.6 is 11.3 Å². The molecule has 0 saturated carbocycles. The molecule has 0 aliphatic heterocycles. The highest BCUT2D eigenvalue weighted by Crippen LogP contribution is 2.06. The number of hydrogen-bond donors (Lipinski definition) is 1.